The number of benzene rings is 1. The summed E-state index contributed by atoms with van der Waals surface area (Å²) in [7, 11) is 3.77. The number of nitrogens with zero attached hydrogens (tertiary/aromatic N) is 1. The number of anilines is 2. The molecule has 0 aromatic heterocycles. The van der Waals surface area contributed by atoms with E-state index in [1.165, 1.54) is 0 Å². The van der Waals surface area contributed by atoms with Gasteiger partial charge in [-0.2, -0.15) is 11.8 Å². The number of hydrogen-bond acceptors (Lipinski definition) is 4. The molecule has 0 aliphatic heterocycles. The van der Waals surface area contributed by atoms with E-state index < -0.39 is 0 Å². The predicted molar refractivity (Wildman–Crippen MR) is 78.3 cm³/mol. The zero-order valence-electron chi connectivity index (χ0n) is 11.1. The van der Waals surface area contributed by atoms with Gasteiger partial charge in [0.05, 0.1) is 18.5 Å². The molecule has 0 bridgehead atoms. The average Bonchev–Trinajstić information content (AvgIpc) is 2.35. The van der Waals surface area contributed by atoms with Crippen molar-refractivity contribution in [1.82, 2.24) is 0 Å². The summed E-state index contributed by atoms with van der Waals surface area (Å²) in [6.07, 6.45) is 3.24. The van der Waals surface area contributed by atoms with Crippen LogP contribution in [-0.4, -0.2) is 32.2 Å². The van der Waals surface area contributed by atoms with E-state index in [1.807, 2.05) is 30.0 Å². The molecule has 2 N–H and O–H groups in total. The number of ether oxygens (including phenoxy) is 1. The summed E-state index contributed by atoms with van der Waals surface area (Å²) in [6.45, 7) is 2.20. The molecule has 0 spiro atoms. The van der Waals surface area contributed by atoms with Gasteiger partial charge in [0.25, 0.3) is 0 Å². The second-order valence-corrected chi connectivity index (χ2v) is 4.96. The SMILES string of the molecule is CCC(CSC)N(C)c1cc(OC)ccc1N. The van der Waals surface area contributed by atoms with Crippen LogP contribution in [0, 0.1) is 0 Å². The quantitative estimate of drug-likeness (QED) is 0.792. The van der Waals surface area contributed by atoms with Crippen LogP contribution >= 0.6 is 11.8 Å². The van der Waals surface area contributed by atoms with Gasteiger partial charge in [0.1, 0.15) is 5.75 Å². The Morgan fingerprint density at radius 1 is 1.47 bits per heavy atom. The maximum Gasteiger partial charge on any atom is 0.121 e. The number of nitrogens with two attached hydrogens (primary N) is 1. The highest BCUT2D eigenvalue weighted by Crippen LogP contribution is 2.29. The lowest BCUT2D eigenvalue weighted by atomic mass is 10.1. The highest BCUT2D eigenvalue weighted by molar-refractivity contribution is 7.98. The van der Waals surface area contributed by atoms with Gasteiger partial charge in [0.15, 0.2) is 0 Å². The lowest BCUT2D eigenvalue weighted by Gasteiger charge is -2.30. The van der Waals surface area contributed by atoms with Crippen molar-refractivity contribution < 1.29 is 4.74 Å². The average molecular weight is 254 g/mol. The lowest BCUT2D eigenvalue weighted by Crippen LogP contribution is -2.33. The molecule has 0 aliphatic rings. The summed E-state index contributed by atoms with van der Waals surface area (Å²) in [5.74, 6) is 1.95. The summed E-state index contributed by atoms with van der Waals surface area (Å²) in [5.41, 5.74) is 7.88. The van der Waals surface area contributed by atoms with Crippen LogP contribution in [0.15, 0.2) is 18.2 Å². The molecule has 0 saturated carbocycles. The summed E-state index contributed by atoms with van der Waals surface area (Å²) in [4.78, 5) is 2.24. The highest BCUT2D eigenvalue weighted by Gasteiger charge is 2.15. The molecule has 0 aliphatic carbocycles. The summed E-state index contributed by atoms with van der Waals surface area (Å²) in [5, 5.41) is 0. The van der Waals surface area contributed by atoms with Crippen LogP contribution in [0.3, 0.4) is 0 Å². The minimum Gasteiger partial charge on any atom is -0.497 e. The molecule has 4 heteroatoms. The Labute approximate surface area is 108 Å². The van der Waals surface area contributed by atoms with Crippen molar-refractivity contribution in [2.24, 2.45) is 0 Å². The van der Waals surface area contributed by atoms with Gasteiger partial charge in [-0.3, -0.25) is 0 Å². The van der Waals surface area contributed by atoms with Crippen LogP contribution in [0.4, 0.5) is 11.4 Å². The second kappa shape index (κ2) is 6.64. The molecule has 96 valence electrons. The topological polar surface area (TPSA) is 38.5 Å². The molecule has 3 nitrogen and oxygen atoms in total. The van der Waals surface area contributed by atoms with Crippen molar-refractivity contribution in [3.63, 3.8) is 0 Å². The largest absolute Gasteiger partial charge is 0.497 e. The van der Waals surface area contributed by atoms with Gasteiger partial charge in [0, 0.05) is 24.9 Å². The Balaban J connectivity index is 2.96. The van der Waals surface area contributed by atoms with Gasteiger partial charge in [0.2, 0.25) is 0 Å². The van der Waals surface area contributed by atoms with Gasteiger partial charge in [-0.15, -0.1) is 0 Å². The number of thioether (sulfide) groups is 1. The Morgan fingerprint density at radius 3 is 2.71 bits per heavy atom. The maximum atomic E-state index is 6.03. The smallest absolute Gasteiger partial charge is 0.121 e. The van der Waals surface area contributed by atoms with Crippen LogP contribution in [0.1, 0.15) is 13.3 Å². The number of methoxy groups -OCH3 is 1. The molecular weight excluding hydrogens is 232 g/mol. The fourth-order valence-electron chi connectivity index (χ4n) is 1.85. The van der Waals surface area contributed by atoms with E-state index in [1.54, 1.807) is 7.11 Å². The Morgan fingerprint density at radius 2 is 2.18 bits per heavy atom. The molecule has 0 saturated heterocycles. The molecule has 1 aromatic rings. The molecule has 17 heavy (non-hydrogen) atoms. The van der Waals surface area contributed by atoms with Gasteiger partial charge < -0.3 is 15.4 Å². The third-order valence-corrected chi connectivity index (χ3v) is 3.71. The Kier molecular flexibility index (Phi) is 5.48. The Bertz CT molecular complexity index is 357. The van der Waals surface area contributed by atoms with Crippen LogP contribution in [-0.2, 0) is 0 Å². The zero-order valence-corrected chi connectivity index (χ0v) is 11.9. The van der Waals surface area contributed by atoms with E-state index in [4.69, 9.17) is 10.5 Å². The first-order valence-electron chi connectivity index (χ1n) is 5.79. The third-order valence-electron chi connectivity index (χ3n) is 3.00. The molecule has 0 fully saturated rings. The lowest BCUT2D eigenvalue weighted by molar-refractivity contribution is 0.415. The van der Waals surface area contributed by atoms with E-state index >= 15 is 0 Å². The van der Waals surface area contributed by atoms with Gasteiger partial charge in [-0.05, 0) is 24.8 Å². The summed E-state index contributed by atoms with van der Waals surface area (Å²) < 4.78 is 5.25. The minimum absolute atomic E-state index is 0.499. The van der Waals surface area contributed by atoms with Crippen LogP contribution < -0.4 is 15.4 Å². The fraction of sp³-hybridized carbons (Fsp3) is 0.538. The molecule has 0 amide bonds. The van der Waals surface area contributed by atoms with E-state index in [0.29, 0.717) is 6.04 Å². The van der Waals surface area contributed by atoms with E-state index in [0.717, 1.165) is 29.3 Å². The van der Waals surface area contributed by atoms with Gasteiger partial charge in [-0.25, -0.2) is 0 Å². The number of rotatable bonds is 6. The molecule has 0 radical (unpaired) electrons. The predicted octanol–water partition coefficient (Wildman–Crippen LogP) is 2.86. The zero-order chi connectivity index (χ0) is 12.8. The maximum absolute atomic E-state index is 6.03. The van der Waals surface area contributed by atoms with Crippen molar-refractivity contribution in [3.8, 4) is 5.75 Å². The molecule has 1 unspecified atom stereocenters. The minimum atomic E-state index is 0.499. The summed E-state index contributed by atoms with van der Waals surface area (Å²) in [6, 6.07) is 6.29. The number of nitrogen functional groups attached to an aromatic ring is 1. The van der Waals surface area contributed by atoms with Gasteiger partial charge in [-0.1, -0.05) is 6.92 Å². The molecule has 1 aromatic carbocycles. The molecule has 0 heterocycles. The van der Waals surface area contributed by atoms with Crippen molar-refractivity contribution in [2.45, 2.75) is 19.4 Å². The standard InChI is InChI=1S/C13H22N2OS/c1-5-10(9-17-4)15(2)13-8-11(16-3)6-7-12(13)14/h6-8,10H,5,9,14H2,1-4H3. The third kappa shape index (κ3) is 3.46. The van der Waals surface area contributed by atoms with Crippen LogP contribution in [0.25, 0.3) is 0 Å². The monoisotopic (exact) mass is 254 g/mol. The highest BCUT2D eigenvalue weighted by atomic mass is 32.2. The van der Waals surface area contributed by atoms with Crippen LogP contribution in [0.5, 0.6) is 5.75 Å². The van der Waals surface area contributed by atoms with E-state index in [9.17, 15) is 0 Å². The first kappa shape index (κ1) is 14.0. The fourth-order valence-corrected chi connectivity index (χ4v) is 2.69. The van der Waals surface area contributed by atoms with Crippen LogP contribution in [0.2, 0.25) is 0 Å². The second-order valence-electron chi connectivity index (χ2n) is 4.05. The first-order chi connectivity index (χ1) is 8.13. The molecule has 1 rings (SSSR count). The summed E-state index contributed by atoms with van der Waals surface area (Å²) >= 11 is 1.86. The van der Waals surface area contributed by atoms with Crippen molar-refractivity contribution in [1.29, 1.82) is 0 Å². The van der Waals surface area contributed by atoms with Crippen molar-refractivity contribution in [3.05, 3.63) is 18.2 Å². The van der Waals surface area contributed by atoms with Crippen molar-refractivity contribution in [2.75, 3.05) is 36.8 Å². The number of hydrogen-bond donors (Lipinski definition) is 1. The van der Waals surface area contributed by atoms with Gasteiger partial charge >= 0.3 is 0 Å². The first-order valence-corrected chi connectivity index (χ1v) is 7.18. The molecular formula is C13H22N2OS. The van der Waals surface area contributed by atoms with E-state index in [-0.39, 0.29) is 0 Å². The van der Waals surface area contributed by atoms with E-state index in [2.05, 4.69) is 25.1 Å². The normalized spacial score (nSPS) is 12.2. The Hall–Kier alpha value is -1.03. The van der Waals surface area contributed by atoms with Crippen molar-refractivity contribution >= 4 is 23.1 Å². The molecule has 1 atom stereocenters.